The van der Waals surface area contributed by atoms with Gasteiger partial charge in [-0.15, -0.1) is 0 Å². The molecule has 0 aromatic carbocycles. The Morgan fingerprint density at radius 2 is 1.94 bits per heavy atom. The predicted octanol–water partition coefficient (Wildman–Crippen LogP) is 3.36. The van der Waals surface area contributed by atoms with E-state index in [9.17, 15) is 9.59 Å². The fourth-order valence-electron chi connectivity index (χ4n) is 2.90. The van der Waals surface area contributed by atoms with Crippen LogP contribution in [-0.2, 0) is 14.3 Å². The highest BCUT2D eigenvalue weighted by atomic mass is 16.5. The van der Waals surface area contributed by atoms with E-state index in [-0.39, 0.29) is 17.7 Å². The molecule has 1 fully saturated rings. The van der Waals surface area contributed by atoms with Crippen LogP contribution < -0.4 is 0 Å². The van der Waals surface area contributed by atoms with Gasteiger partial charge in [-0.2, -0.15) is 0 Å². The lowest BCUT2D eigenvalue weighted by molar-refractivity contribution is -0.153. The SMILES string of the molecule is CCCC(C(=O)OCC)C(=O)C1CCC(CC)C1. The minimum Gasteiger partial charge on any atom is -0.465 e. The first kappa shape index (κ1) is 15.2. The fourth-order valence-corrected chi connectivity index (χ4v) is 2.90. The van der Waals surface area contributed by atoms with Crippen LogP contribution in [-0.4, -0.2) is 18.4 Å². The lowest BCUT2D eigenvalue weighted by atomic mass is 9.88. The third kappa shape index (κ3) is 3.82. The van der Waals surface area contributed by atoms with Crippen molar-refractivity contribution < 1.29 is 14.3 Å². The van der Waals surface area contributed by atoms with Crippen LogP contribution in [0.1, 0.15) is 59.3 Å². The van der Waals surface area contributed by atoms with Gasteiger partial charge >= 0.3 is 5.97 Å². The molecule has 0 radical (unpaired) electrons. The van der Waals surface area contributed by atoms with E-state index in [1.807, 2.05) is 6.92 Å². The van der Waals surface area contributed by atoms with Gasteiger partial charge in [-0.1, -0.05) is 26.7 Å². The molecule has 18 heavy (non-hydrogen) atoms. The van der Waals surface area contributed by atoms with Crippen molar-refractivity contribution in [2.75, 3.05) is 6.61 Å². The first-order chi connectivity index (χ1) is 8.63. The molecule has 104 valence electrons. The Hall–Kier alpha value is -0.860. The molecule has 3 nitrogen and oxygen atoms in total. The van der Waals surface area contributed by atoms with Gasteiger partial charge in [0.2, 0.25) is 0 Å². The van der Waals surface area contributed by atoms with E-state index < -0.39 is 5.92 Å². The normalized spacial score (nSPS) is 24.8. The summed E-state index contributed by atoms with van der Waals surface area (Å²) < 4.78 is 5.03. The van der Waals surface area contributed by atoms with Crippen LogP contribution in [0.3, 0.4) is 0 Å². The molecule has 1 aliphatic carbocycles. The highest BCUT2D eigenvalue weighted by Crippen LogP contribution is 2.35. The monoisotopic (exact) mass is 254 g/mol. The molecular formula is C15H26O3. The van der Waals surface area contributed by atoms with Gasteiger partial charge in [-0.3, -0.25) is 9.59 Å². The molecule has 0 spiro atoms. The molecule has 1 rings (SSSR count). The molecular weight excluding hydrogens is 228 g/mol. The van der Waals surface area contributed by atoms with Crippen molar-refractivity contribution in [1.82, 2.24) is 0 Å². The standard InChI is InChI=1S/C15H26O3/c1-4-7-13(15(17)18-6-3)14(16)12-9-8-11(5-2)10-12/h11-13H,4-10H2,1-3H3. The molecule has 3 heteroatoms. The van der Waals surface area contributed by atoms with E-state index in [0.29, 0.717) is 18.9 Å². The second kappa shape index (κ2) is 7.55. The number of carbonyl (C=O) groups excluding carboxylic acids is 2. The van der Waals surface area contributed by atoms with E-state index >= 15 is 0 Å². The average molecular weight is 254 g/mol. The summed E-state index contributed by atoms with van der Waals surface area (Å²) in [6, 6.07) is 0. The second-order valence-electron chi connectivity index (χ2n) is 5.28. The number of rotatable bonds is 7. The van der Waals surface area contributed by atoms with Crippen molar-refractivity contribution in [3.8, 4) is 0 Å². The first-order valence-electron chi connectivity index (χ1n) is 7.34. The van der Waals surface area contributed by atoms with Crippen molar-refractivity contribution in [3.63, 3.8) is 0 Å². The van der Waals surface area contributed by atoms with Crippen molar-refractivity contribution in [3.05, 3.63) is 0 Å². The summed E-state index contributed by atoms with van der Waals surface area (Å²) >= 11 is 0. The third-order valence-corrected chi connectivity index (χ3v) is 4.01. The lowest BCUT2D eigenvalue weighted by Gasteiger charge is -2.17. The van der Waals surface area contributed by atoms with Gasteiger partial charge in [-0.25, -0.2) is 0 Å². The lowest BCUT2D eigenvalue weighted by Crippen LogP contribution is -2.30. The number of ether oxygens (including phenoxy) is 1. The largest absolute Gasteiger partial charge is 0.465 e. The molecule has 0 saturated heterocycles. The molecule has 3 unspecified atom stereocenters. The Balaban J connectivity index is 2.62. The van der Waals surface area contributed by atoms with E-state index in [2.05, 4.69) is 6.92 Å². The summed E-state index contributed by atoms with van der Waals surface area (Å²) in [4.78, 5) is 24.3. The molecule has 0 amide bonds. The zero-order valence-electron chi connectivity index (χ0n) is 11.9. The maximum Gasteiger partial charge on any atom is 0.316 e. The van der Waals surface area contributed by atoms with Crippen LogP contribution in [0.2, 0.25) is 0 Å². The Bertz CT molecular complexity index is 285. The van der Waals surface area contributed by atoms with Crippen molar-refractivity contribution in [2.45, 2.75) is 59.3 Å². The van der Waals surface area contributed by atoms with Crippen LogP contribution in [0, 0.1) is 17.8 Å². The molecule has 0 aromatic rings. The number of ketones is 1. The van der Waals surface area contributed by atoms with E-state index in [1.54, 1.807) is 6.92 Å². The molecule has 1 aliphatic rings. The van der Waals surface area contributed by atoms with E-state index in [0.717, 1.165) is 32.1 Å². The maximum absolute atomic E-state index is 12.4. The summed E-state index contributed by atoms with van der Waals surface area (Å²) in [7, 11) is 0. The van der Waals surface area contributed by atoms with Crippen molar-refractivity contribution in [2.24, 2.45) is 17.8 Å². The maximum atomic E-state index is 12.4. The van der Waals surface area contributed by atoms with Gasteiger partial charge < -0.3 is 4.74 Å². The van der Waals surface area contributed by atoms with Gasteiger partial charge in [0, 0.05) is 5.92 Å². The minimum absolute atomic E-state index is 0.0934. The van der Waals surface area contributed by atoms with Crippen LogP contribution in [0.15, 0.2) is 0 Å². The first-order valence-corrected chi connectivity index (χ1v) is 7.34. The van der Waals surface area contributed by atoms with Gasteiger partial charge in [0.05, 0.1) is 6.61 Å². The Morgan fingerprint density at radius 1 is 1.22 bits per heavy atom. The quantitative estimate of drug-likeness (QED) is 0.517. The van der Waals surface area contributed by atoms with Gasteiger partial charge in [0.15, 0.2) is 0 Å². The number of hydrogen-bond acceptors (Lipinski definition) is 3. The Kier molecular flexibility index (Phi) is 6.37. The predicted molar refractivity (Wildman–Crippen MR) is 71.2 cm³/mol. The summed E-state index contributed by atoms with van der Waals surface area (Å²) in [5, 5.41) is 0. The zero-order valence-corrected chi connectivity index (χ0v) is 11.9. The summed E-state index contributed by atoms with van der Waals surface area (Å²) in [5.41, 5.74) is 0. The summed E-state index contributed by atoms with van der Waals surface area (Å²) in [5.74, 6) is 0.0606. The van der Waals surface area contributed by atoms with Crippen LogP contribution in [0.4, 0.5) is 0 Å². The molecule has 0 N–H and O–H groups in total. The second-order valence-corrected chi connectivity index (χ2v) is 5.28. The topological polar surface area (TPSA) is 43.4 Å². The highest BCUT2D eigenvalue weighted by molar-refractivity contribution is 6.00. The molecule has 0 bridgehead atoms. The smallest absolute Gasteiger partial charge is 0.316 e. The van der Waals surface area contributed by atoms with E-state index in [1.165, 1.54) is 0 Å². The number of Topliss-reactive ketones (excluding diaryl/α,β-unsaturated/α-hetero) is 1. The van der Waals surface area contributed by atoms with Crippen LogP contribution >= 0.6 is 0 Å². The minimum atomic E-state index is -0.518. The highest BCUT2D eigenvalue weighted by Gasteiger charge is 2.36. The Morgan fingerprint density at radius 3 is 2.44 bits per heavy atom. The van der Waals surface area contributed by atoms with Crippen molar-refractivity contribution in [1.29, 1.82) is 0 Å². The zero-order chi connectivity index (χ0) is 13.5. The molecule has 0 heterocycles. The van der Waals surface area contributed by atoms with Gasteiger partial charge in [0.25, 0.3) is 0 Å². The van der Waals surface area contributed by atoms with Crippen LogP contribution in [0.25, 0.3) is 0 Å². The van der Waals surface area contributed by atoms with Crippen molar-refractivity contribution >= 4 is 11.8 Å². The fraction of sp³-hybridized carbons (Fsp3) is 0.867. The Labute approximate surface area is 110 Å². The third-order valence-electron chi connectivity index (χ3n) is 4.01. The molecule has 1 saturated carbocycles. The summed E-state index contributed by atoms with van der Waals surface area (Å²) in [6.45, 7) is 6.32. The molecule has 0 aromatic heterocycles. The van der Waals surface area contributed by atoms with Gasteiger partial charge in [-0.05, 0) is 38.5 Å². The summed E-state index contributed by atoms with van der Waals surface area (Å²) in [6.07, 6.45) is 5.67. The van der Waals surface area contributed by atoms with E-state index in [4.69, 9.17) is 4.74 Å². The molecule has 3 atom stereocenters. The number of hydrogen-bond donors (Lipinski definition) is 0. The van der Waals surface area contributed by atoms with Crippen LogP contribution in [0.5, 0.6) is 0 Å². The number of carbonyl (C=O) groups is 2. The average Bonchev–Trinajstić information content (AvgIpc) is 2.84. The molecule has 0 aliphatic heterocycles. The number of esters is 1. The van der Waals surface area contributed by atoms with Gasteiger partial charge in [0.1, 0.15) is 11.7 Å².